The Morgan fingerprint density at radius 1 is 1.38 bits per heavy atom. The van der Waals surface area contributed by atoms with E-state index in [2.05, 4.69) is 0 Å². The number of hydrogen-bond acceptors (Lipinski definition) is 7. The molecule has 0 amide bonds. The highest BCUT2D eigenvalue weighted by molar-refractivity contribution is 14.1. The fourth-order valence-corrected chi connectivity index (χ4v) is 2.40. The molecule has 1 aliphatic heterocycles. The van der Waals surface area contributed by atoms with Gasteiger partial charge < -0.3 is 25.2 Å². The minimum Gasteiger partial charge on any atom is -0.479 e. The van der Waals surface area contributed by atoms with Gasteiger partial charge in [-0.15, -0.1) is 0 Å². The standard InChI is InChI=1S/C10H11IN2O8/c11-2-1-13(10(20)12-7(2)17)8-4(15)3(14)6(21-8)5(16)9(18)19/h1,3-6,8,14-16H,(H,18,19)(H,12,17,20)/t3-,4-,5-,6-,8+/m0/s1. The Hall–Kier alpha value is -1.28. The van der Waals surface area contributed by atoms with Crippen molar-refractivity contribution in [2.24, 2.45) is 0 Å². The molecule has 2 rings (SSSR count). The molecule has 0 saturated carbocycles. The second-order valence-electron chi connectivity index (χ2n) is 4.40. The Bertz CT molecular complexity index is 670. The van der Waals surface area contributed by atoms with Crippen molar-refractivity contribution in [2.45, 2.75) is 30.6 Å². The zero-order chi connectivity index (χ0) is 15.9. The predicted molar refractivity (Wildman–Crippen MR) is 73.6 cm³/mol. The lowest BCUT2D eigenvalue weighted by atomic mass is 10.1. The zero-order valence-electron chi connectivity index (χ0n) is 10.2. The van der Waals surface area contributed by atoms with Crippen LogP contribution in [0.25, 0.3) is 0 Å². The van der Waals surface area contributed by atoms with Gasteiger partial charge in [0.2, 0.25) is 0 Å². The van der Waals surface area contributed by atoms with Crippen molar-refractivity contribution in [3.8, 4) is 0 Å². The topological polar surface area (TPSA) is 162 Å². The van der Waals surface area contributed by atoms with Crippen molar-refractivity contribution in [1.82, 2.24) is 9.55 Å². The van der Waals surface area contributed by atoms with E-state index in [0.29, 0.717) is 0 Å². The van der Waals surface area contributed by atoms with Gasteiger partial charge in [0, 0.05) is 6.20 Å². The van der Waals surface area contributed by atoms with Gasteiger partial charge >= 0.3 is 11.7 Å². The number of carboxylic acid groups (broad SMARTS) is 1. The van der Waals surface area contributed by atoms with Gasteiger partial charge in [0.25, 0.3) is 5.56 Å². The summed E-state index contributed by atoms with van der Waals surface area (Å²) in [5.74, 6) is -1.64. The Morgan fingerprint density at radius 2 is 2.00 bits per heavy atom. The van der Waals surface area contributed by atoms with E-state index in [-0.39, 0.29) is 3.57 Å². The van der Waals surface area contributed by atoms with Crippen molar-refractivity contribution in [1.29, 1.82) is 0 Å². The number of rotatable bonds is 3. The maximum Gasteiger partial charge on any atom is 0.335 e. The Kier molecular flexibility index (Phi) is 4.48. The summed E-state index contributed by atoms with van der Waals surface area (Å²) in [5, 5.41) is 37.7. The molecule has 116 valence electrons. The van der Waals surface area contributed by atoms with Gasteiger partial charge in [-0.2, -0.15) is 0 Å². The molecule has 5 N–H and O–H groups in total. The largest absolute Gasteiger partial charge is 0.479 e. The number of aromatic nitrogens is 2. The number of hydrogen-bond donors (Lipinski definition) is 5. The van der Waals surface area contributed by atoms with Gasteiger partial charge in [-0.3, -0.25) is 14.3 Å². The van der Waals surface area contributed by atoms with Crippen molar-refractivity contribution in [3.63, 3.8) is 0 Å². The Morgan fingerprint density at radius 3 is 2.57 bits per heavy atom. The second-order valence-corrected chi connectivity index (χ2v) is 5.56. The fourth-order valence-electron chi connectivity index (χ4n) is 1.97. The monoisotopic (exact) mass is 414 g/mol. The van der Waals surface area contributed by atoms with Crippen molar-refractivity contribution >= 4 is 28.6 Å². The number of carbonyl (C=O) groups is 1. The number of nitrogens with zero attached hydrogens (tertiary/aromatic N) is 1. The van der Waals surface area contributed by atoms with Crippen LogP contribution in [-0.2, 0) is 9.53 Å². The minimum atomic E-state index is -2.07. The average Bonchev–Trinajstić information content (AvgIpc) is 2.70. The van der Waals surface area contributed by atoms with E-state index >= 15 is 0 Å². The van der Waals surface area contributed by atoms with Gasteiger partial charge in [-0.25, -0.2) is 9.59 Å². The molecule has 11 heteroatoms. The number of H-pyrrole nitrogens is 1. The van der Waals surface area contributed by atoms with E-state index in [0.717, 1.165) is 10.8 Å². The minimum absolute atomic E-state index is 0.125. The molecular weight excluding hydrogens is 403 g/mol. The van der Waals surface area contributed by atoms with Crippen LogP contribution in [0, 0.1) is 3.57 Å². The molecule has 2 heterocycles. The number of halogens is 1. The molecule has 10 nitrogen and oxygen atoms in total. The first kappa shape index (κ1) is 16.1. The lowest BCUT2D eigenvalue weighted by Gasteiger charge is -2.18. The summed E-state index contributed by atoms with van der Waals surface area (Å²) in [5.41, 5.74) is -1.53. The third-order valence-electron chi connectivity index (χ3n) is 3.04. The molecule has 0 bridgehead atoms. The Labute approximate surface area is 129 Å². The van der Waals surface area contributed by atoms with E-state index < -0.39 is 47.9 Å². The summed E-state index contributed by atoms with van der Waals surface area (Å²) < 4.78 is 6.01. The average molecular weight is 414 g/mol. The summed E-state index contributed by atoms with van der Waals surface area (Å²) in [6.07, 6.45) is -7.38. The first-order valence-corrected chi connectivity index (χ1v) is 6.75. The first-order valence-electron chi connectivity index (χ1n) is 5.67. The molecule has 1 fully saturated rings. The van der Waals surface area contributed by atoms with Crippen molar-refractivity contribution < 1.29 is 30.0 Å². The van der Waals surface area contributed by atoms with E-state index in [1.54, 1.807) is 22.6 Å². The van der Waals surface area contributed by atoms with Crippen molar-refractivity contribution in [2.75, 3.05) is 0 Å². The third kappa shape index (κ3) is 2.87. The normalized spacial score (nSPS) is 30.3. The van der Waals surface area contributed by atoms with Gasteiger partial charge in [0.05, 0.1) is 3.57 Å². The summed E-state index contributed by atoms with van der Waals surface area (Å²) in [7, 11) is 0. The zero-order valence-corrected chi connectivity index (χ0v) is 12.4. The summed E-state index contributed by atoms with van der Waals surface area (Å²) in [6, 6.07) is 0. The maximum absolute atomic E-state index is 11.7. The molecule has 1 aliphatic rings. The number of aliphatic carboxylic acids is 1. The summed E-state index contributed by atoms with van der Waals surface area (Å²) in [4.78, 5) is 35.6. The fraction of sp³-hybridized carbons (Fsp3) is 0.500. The van der Waals surface area contributed by atoms with Crippen molar-refractivity contribution in [3.05, 3.63) is 30.6 Å². The quantitative estimate of drug-likeness (QED) is 0.332. The van der Waals surface area contributed by atoms with E-state index in [1.807, 2.05) is 4.98 Å². The van der Waals surface area contributed by atoms with E-state index in [1.165, 1.54) is 0 Å². The van der Waals surface area contributed by atoms with Gasteiger partial charge in [-0.05, 0) is 22.6 Å². The number of nitrogens with one attached hydrogen (secondary N) is 1. The lowest BCUT2D eigenvalue weighted by molar-refractivity contribution is -0.160. The number of aliphatic hydroxyl groups is 3. The van der Waals surface area contributed by atoms with Crippen LogP contribution in [0.2, 0.25) is 0 Å². The summed E-state index contributed by atoms with van der Waals surface area (Å²) in [6.45, 7) is 0. The van der Waals surface area contributed by atoms with Crippen LogP contribution < -0.4 is 11.2 Å². The van der Waals surface area contributed by atoms with E-state index in [9.17, 15) is 29.7 Å². The molecule has 1 aromatic heterocycles. The second kappa shape index (κ2) is 5.84. The first-order chi connectivity index (χ1) is 9.73. The van der Waals surface area contributed by atoms with Crippen LogP contribution in [0.5, 0.6) is 0 Å². The van der Waals surface area contributed by atoms with Crippen LogP contribution in [0.15, 0.2) is 15.8 Å². The van der Waals surface area contributed by atoms with Crippen LogP contribution in [0.1, 0.15) is 6.23 Å². The number of carboxylic acids is 1. The highest BCUT2D eigenvalue weighted by Gasteiger charge is 2.49. The molecule has 0 aromatic carbocycles. The van der Waals surface area contributed by atoms with E-state index in [4.69, 9.17) is 9.84 Å². The molecule has 1 saturated heterocycles. The number of aromatic amines is 1. The Balaban J connectivity index is 2.38. The summed E-state index contributed by atoms with van der Waals surface area (Å²) >= 11 is 1.65. The SMILES string of the molecule is O=C(O)[C@@H](O)[C@H]1O[C@@H](n2cc(I)c(=O)[nH]c2=O)[C@@H](O)[C@@H]1O. The predicted octanol–water partition coefficient (Wildman–Crippen LogP) is -2.79. The molecular formula is C10H11IN2O8. The molecule has 1 aromatic rings. The molecule has 0 unspecified atom stereocenters. The van der Waals surface area contributed by atoms with Crippen LogP contribution in [-0.4, -0.2) is 60.4 Å². The number of aliphatic hydroxyl groups excluding tert-OH is 3. The smallest absolute Gasteiger partial charge is 0.335 e. The highest BCUT2D eigenvalue weighted by atomic mass is 127. The molecule has 0 aliphatic carbocycles. The molecule has 21 heavy (non-hydrogen) atoms. The third-order valence-corrected chi connectivity index (χ3v) is 3.81. The highest BCUT2D eigenvalue weighted by Crippen LogP contribution is 2.30. The number of ether oxygens (including phenoxy) is 1. The molecule has 0 spiro atoms. The van der Waals surface area contributed by atoms with Gasteiger partial charge in [-0.1, -0.05) is 0 Å². The lowest BCUT2D eigenvalue weighted by Crippen LogP contribution is -2.42. The maximum atomic E-state index is 11.7. The van der Waals surface area contributed by atoms with Crippen LogP contribution >= 0.6 is 22.6 Å². The molecule has 0 radical (unpaired) electrons. The van der Waals surface area contributed by atoms with Gasteiger partial charge in [0.15, 0.2) is 12.3 Å². The molecule has 5 atom stereocenters. The van der Waals surface area contributed by atoms with Gasteiger partial charge in [0.1, 0.15) is 18.3 Å². The van der Waals surface area contributed by atoms with Crippen LogP contribution in [0.3, 0.4) is 0 Å². The van der Waals surface area contributed by atoms with Crippen LogP contribution in [0.4, 0.5) is 0 Å².